The topological polar surface area (TPSA) is 52.9 Å². The lowest BCUT2D eigenvalue weighted by atomic mass is 10.5. The molecule has 0 radical (unpaired) electrons. The van der Waals surface area contributed by atoms with Crippen molar-refractivity contribution in [3.05, 3.63) is 112 Å². The highest BCUT2D eigenvalue weighted by molar-refractivity contribution is 4.68. The van der Waals surface area contributed by atoms with Crippen LogP contribution in [0.1, 0.15) is 80.1 Å². The number of aryl methyl sites for hydroxylation is 12. The standard InChI is InChI=1S/6C7H13N2/c6*1-3-4-9-6-5-8(2)7-9/h6*5-7H,3-4H2,1-2H3/q6*+1. The molecule has 0 saturated carbocycles. The summed E-state index contributed by atoms with van der Waals surface area (Å²) < 4.78 is 25.4. The Hall–Kier alpha value is -4.74. The van der Waals surface area contributed by atoms with Gasteiger partial charge < -0.3 is 0 Å². The van der Waals surface area contributed by atoms with Gasteiger partial charge >= 0.3 is 0 Å². The number of imidazole rings is 6. The van der Waals surface area contributed by atoms with Gasteiger partial charge in [-0.25, -0.2) is 54.8 Å². The molecule has 0 bridgehead atoms. The van der Waals surface area contributed by atoms with Crippen LogP contribution in [-0.4, -0.2) is 27.4 Å². The molecule has 0 saturated heterocycles. The molecule has 6 heterocycles. The predicted molar refractivity (Wildman–Crippen MR) is 215 cm³/mol. The van der Waals surface area contributed by atoms with E-state index in [1.54, 1.807) is 0 Å². The average molecular weight is 751 g/mol. The van der Waals surface area contributed by atoms with Gasteiger partial charge in [-0.2, -0.15) is 0 Å². The van der Waals surface area contributed by atoms with E-state index >= 15 is 0 Å². The number of aromatic nitrogens is 12. The van der Waals surface area contributed by atoms with Crippen LogP contribution in [-0.2, 0) is 81.6 Å². The summed E-state index contributed by atoms with van der Waals surface area (Å²) in [5, 5.41) is 0. The number of nitrogens with zero attached hydrogens (tertiary/aromatic N) is 12. The van der Waals surface area contributed by atoms with E-state index in [0.29, 0.717) is 0 Å². The number of rotatable bonds is 12. The fraction of sp³-hybridized carbons (Fsp3) is 0.571. The molecule has 0 N–H and O–H groups in total. The second-order valence-corrected chi connectivity index (χ2v) is 13.9. The van der Waals surface area contributed by atoms with Gasteiger partial charge in [-0.3, -0.25) is 0 Å². The summed E-state index contributed by atoms with van der Waals surface area (Å²) in [5.41, 5.74) is 0. The van der Waals surface area contributed by atoms with Crippen LogP contribution >= 0.6 is 0 Å². The molecular weight excluding hydrogens is 673 g/mol. The van der Waals surface area contributed by atoms with E-state index in [2.05, 4.69) is 209 Å². The zero-order valence-corrected chi connectivity index (χ0v) is 36.2. The molecule has 12 heteroatoms. The minimum Gasteiger partial charge on any atom is -0.240 e. The lowest BCUT2D eigenvalue weighted by molar-refractivity contribution is -0.671. The van der Waals surface area contributed by atoms with E-state index in [-0.39, 0.29) is 0 Å². The van der Waals surface area contributed by atoms with Gasteiger partial charge in [0, 0.05) is 0 Å². The van der Waals surface area contributed by atoms with Crippen LogP contribution < -0.4 is 27.4 Å². The maximum absolute atomic E-state index is 2.18. The van der Waals surface area contributed by atoms with E-state index in [1.165, 1.54) is 38.5 Å². The van der Waals surface area contributed by atoms with Crippen LogP contribution in [0.2, 0.25) is 0 Å². The molecule has 0 aliphatic heterocycles. The first-order chi connectivity index (χ1) is 26.0. The molecule has 0 amide bonds. The average Bonchev–Trinajstić information content (AvgIpc) is 4.01. The predicted octanol–water partition coefficient (Wildman–Crippen LogP) is 4.34. The van der Waals surface area contributed by atoms with Gasteiger partial charge in [0.1, 0.15) is 74.4 Å². The monoisotopic (exact) mass is 751 g/mol. The minimum atomic E-state index is 1.13. The molecule has 54 heavy (non-hydrogen) atoms. The van der Waals surface area contributed by atoms with E-state index in [4.69, 9.17) is 0 Å². The largest absolute Gasteiger partial charge is 0.243 e. The number of hydrogen-bond donors (Lipinski definition) is 0. The van der Waals surface area contributed by atoms with Crippen LogP contribution in [0.4, 0.5) is 0 Å². The van der Waals surface area contributed by atoms with Crippen molar-refractivity contribution < 1.29 is 27.4 Å². The van der Waals surface area contributed by atoms with Gasteiger partial charge in [0.2, 0.25) is 38.0 Å². The highest BCUT2D eigenvalue weighted by Gasteiger charge is 1.99. The van der Waals surface area contributed by atoms with Gasteiger partial charge in [0.05, 0.1) is 81.6 Å². The van der Waals surface area contributed by atoms with Gasteiger partial charge in [-0.15, -0.1) is 0 Å². The molecule has 6 aromatic rings. The van der Waals surface area contributed by atoms with Crippen molar-refractivity contribution in [3.8, 4) is 0 Å². The highest BCUT2D eigenvalue weighted by atomic mass is 15.1. The van der Waals surface area contributed by atoms with Crippen LogP contribution in [0.15, 0.2) is 112 Å². The normalized spacial score (nSPS) is 10.0. The van der Waals surface area contributed by atoms with E-state index in [1.807, 2.05) is 42.3 Å². The van der Waals surface area contributed by atoms with Crippen molar-refractivity contribution >= 4 is 0 Å². The molecule has 6 aromatic heterocycles. The summed E-state index contributed by atoms with van der Waals surface area (Å²) in [6.07, 6.45) is 44.6. The minimum absolute atomic E-state index is 1.13. The Balaban J connectivity index is 0.000000324. The van der Waals surface area contributed by atoms with Crippen molar-refractivity contribution in [1.29, 1.82) is 0 Å². The lowest BCUT2D eigenvalue weighted by Crippen LogP contribution is -2.23. The fourth-order valence-corrected chi connectivity index (χ4v) is 5.35. The maximum atomic E-state index is 2.18. The molecule has 0 aromatic carbocycles. The quantitative estimate of drug-likeness (QED) is 0.168. The molecule has 0 atom stereocenters. The SMILES string of the molecule is CCCn1cc[n+](C)c1.CCCn1cc[n+](C)c1.CCCn1cc[n+](C)c1.CCCn1cc[n+](C)c1.CCCn1cc[n+](C)c1.CCCn1cc[n+](C)c1. The third kappa shape index (κ3) is 22.4. The van der Waals surface area contributed by atoms with Crippen LogP contribution in [0.5, 0.6) is 0 Å². The van der Waals surface area contributed by atoms with Gasteiger partial charge in [0.25, 0.3) is 0 Å². The summed E-state index contributed by atoms with van der Waals surface area (Å²) in [7, 11) is 12.2. The van der Waals surface area contributed by atoms with E-state index in [9.17, 15) is 0 Å². The van der Waals surface area contributed by atoms with Gasteiger partial charge in [0.15, 0.2) is 0 Å². The molecule has 0 aliphatic carbocycles. The maximum Gasteiger partial charge on any atom is 0.243 e. The number of hydrogen-bond acceptors (Lipinski definition) is 0. The molecule has 300 valence electrons. The molecule has 0 spiro atoms. The Morgan fingerprint density at radius 1 is 0.259 bits per heavy atom. The summed E-state index contributed by atoms with van der Waals surface area (Å²) in [5.74, 6) is 0. The Morgan fingerprint density at radius 3 is 0.463 bits per heavy atom. The summed E-state index contributed by atoms with van der Waals surface area (Å²) >= 11 is 0. The smallest absolute Gasteiger partial charge is 0.240 e. The Bertz CT molecular complexity index is 1400. The second kappa shape index (κ2) is 28.7. The zero-order valence-electron chi connectivity index (χ0n) is 36.2. The first-order valence-electron chi connectivity index (χ1n) is 20.0. The van der Waals surface area contributed by atoms with E-state index in [0.717, 1.165) is 39.3 Å². The van der Waals surface area contributed by atoms with Crippen molar-refractivity contribution in [2.75, 3.05) is 0 Å². The molecule has 6 rings (SSSR count). The Labute approximate surface area is 328 Å². The lowest BCUT2D eigenvalue weighted by Gasteiger charge is -1.86. The third-order valence-electron chi connectivity index (χ3n) is 7.83. The first kappa shape index (κ1) is 47.3. The van der Waals surface area contributed by atoms with Gasteiger partial charge in [-0.1, -0.05) is 41.5 Å². The molecule has 0 fully saturated rings. The summed E-state index contributed by atoms with van der Waals surface area (Å²) in [6, 6.07) is 0. The Kier molecular flexibility index (Phi) is 25.1. The third-order valence-corrected chi connectivity index (χ3v) is 7.83. The molecule has 0 aliphatic rings. The zero-order chi connectivity index (χ0) is 40.1. The fourth-order valence-electron chi connectivity index (χ4n) is 5.35. The first-order valence-corrected chi connectivity index (χ1v) is 20.0. The molecule has 12 nitrogen and oxygen atoms in total. The summed E-state index contributed by atoms with van der Waals surface area (Å²) in [6.45, 7) is 19.8. The molecule has 0 unspecified atom stereocenters. The summed E-state index contributed by atoms with van der Waals surface area (Å²) in [4.78, 5) is 0. The van der Waals surface area contributed by atoms with Crippen LogP contribution in [0, 0.1) is 0 Å². The van der Waals surface area contributed by atoms with Crippen LogP contribution in [0.3, 0.4) is 0 Å². The Morgan fingerprint density at radius 2 is 0.389 bits per heavy atom. The van der Waals surface area contributed by atoms with Crippen LogP contribution in [0.25, 0.3) is 0 Å². The van der Waals surface area contributed by atoms with Gasteiger partial charge in [-0.05, 0) is 38.5 Å². The highest BCUT2D eigenvalue weighted by Crippen LogP contribution is 1.89. The van der Waals surface area contributed by atoms with E-state index < -0.39 is 0 Å². The van der Waals surface area contributed by atoms with Crippen molar-refractivity contribution in [3.63, 3.8) is 0 Å². The van der Waals surface area contributed by atoms with Crippen molar-refractivity contribution in [2.24, 2.45) is 42.3 Å². The second-order valence-electron chi connectivity index (χ2n) is 13.9. The molecular formula is C42H78N12+6. The van der Waals surface area contributed by atoms with Crippen molar-refractivity contribution in [2.45, 2.75) is 119 Å². The van der Waals surface area contributed by atoms with Crippen molar-refractivity contribution in [1.82, 2.24) is 27.4 Å².